The number of aromatic hydroxyl groups is 1. The van der Waals surface area contributed by atoms with E-state index in [0.29, 0.717) is 17.9 Å². The summed E-state index contributed by atoms with van der Waals surface area (Å²) >= 11 is 0. The molecule has 1 amide bonds. The predicted molar refractivity (Wildman–Crippen MR) is 80.4 cm³/mol. The minimum Gasteiger partial charge on any atom is -0.508 e. The first-order valence-corrected chi connectivity index (χ1v) is 7.36. The van der Waals surface area contributed by atoms with Crippen molar-refractivity contribution in [3.63, 3.8) is 0 Å². The number of hydrogen-bond acceptors (Lipinski definition) is 3. The number of phenols is 1. The van der Waals surface area contributed by atoms with Crippen LogP contribution in [0.4, 0.5) is 10.2 Å². The van der Waals surface area contributed by atoms with Crippen molar-refractivity contribution in [2.45, 2.75) is 39.2 Å². The van der Waals surface area contributed by atoms with Crippen LogP contribution in [0.25, 0.3) is 0 Å². The molecular formula is C16H18FN3O2. The van der Waals surface area contributed by atoms with Gasteiger partial charge in [-0.3, -0.25) is 4.79 Å². The summed E-state index contributed by atoms with van der Waals surface area (Å²) in [6.07, 6.45) is 1.11. The van der Waals surface area contributed by atoms with E-state index in [1.165, 1.54) is 12.1 Å². The summed E-state index contributed by atoms with van der Waals surface area (Å²) in [5, 5.41) is 17.4. The van der Waals surface area contributed by atoms with Gasteiger partial charge in [0.2, 0.25) is 5.91 Å². The van der Waals surface area contributed by atoms with E-state index in [1.54, 1.807) is 4.68 Å². The predicted octanol–water partition coefficient (Wildman–Crippen LogP) is 2.92. The molecule has 0 spiro atoms. The number of aromatic nitrogens is 2. The molecule has 0 fully saturated rings. The van der Waals surface area contributed by atoms with Crippen molar-refractivity contribution in [2.24, 2.45) is 0 Å². The maximum Gasteiger partial charge on any atom is 0.226 e. The standard InChI is InChI=1S/C16H18FN3O2/c1-3-6-20-16-15(9(2)19-20)12(8-14(22)18-16)11-5-4-10(17)7-13(11)21/h4-5,7,12,21H,3,6,8H2,1-2H3,(H,18,22). The minimum absolute atomic E-state index is 0.126. The third kappa shape index (κ3) is 2.34. The lowest BCUT2D eigenvalue weighted by atomic mass is 9.85. The van der Waals surface area contributed by atoms with E-state index in [-0.39, 0.29) is 24.0 Å². The van der Waals surface area contributed by atoms with Crippen molar-refractivity contribution in [1.82, 2.24) is 9.78 Å². The van der Waals surface area contributed by atoms with E-state index >= 15 is 0 Å². The van der Waals surface area contributed by atoms with Crippen LogP contribution in [0.1, 0.15) is 42.5 Å². The molecular weight excluding hydrogens is 285 g/mol. The van der Waals surface area contributed by atoms with E-state index in [4.69, 9.17) is 0 Å². The third-order valence-electron chi connectivity index (χ3n) is 3.97. The van der Waals surface area contributed by atoms with Crippen LogP contribution in [0.2, 0.25) is 0 Å². The molecule has 1 unspecified atom stereocenters. The van der Waals surface area contributed by atoms with Gasteiger partial charge in [0.25, 0.3) is 0 Å². The van der Waals surface area contributed by atoms with Gasteiger partial charge < -0.3 is 10.4 Å². The van der Waals surface area contributed by atoms with Crippen LogP contribution in [0, 0.1) is 12.7 Å². The zero-order chi connectivity index (χ0) is 15.9. The normalized spacial score (nSPS) is 17.2. The molecule has 1 aliphatic rings. The molecule has 2 aromatic rings. The largest absolute Gasteiger partial charge is 0.508 e. The van der Waals surface area contributed by atoms with Crippen LogP contribution in [0.5, 0.6) is 5.75 Å². The van der Waals surface area contributed by atoms with Gasteiger partial charge in [0.15, 0.2) is 0 Å². The number of amides is 1. The summed E-state index contributed by atoms with van der Waals surface area (Å²) in [5.74, 6) is -0.383. The molecule has 0 saturated carbocycles. The number of hydrogen-bond donors (Lipinski definition) is 2. The van der Waals surface area contributed by atoms with Gasteiger partial charge in [-0.25, -0.2) is 9.07 Å². The van der Waals surface area contributed by atoms with Crippen molar-refractivity contribution < 1.29 is 14.3 Å². The van der Waals surface area contributed by atoms with Gasteiger partial charge in [-0.2, -0.15) is 5.10 Å². The second-order valence-electron chi connectivity index (χ2n) is 5.58. The molecule has 1 aromatic heterocycles. The summed E-state index contributed by atoms with van der Waals surface area (Å²) in [6, 6.07) is 3.91. The SMILES string of the molecule is CCCn1nc(C)c2c1NC(=O)CC2c1ccc(F)cc1O. The topological polar surface area (TPSA) is 67.2 Å². The highest BCUT2D eigenvalue weighted by Crippen LogP contribution is 2.42. The number of benzene rings is 1. The van der Waals surface area contributed by atoms with E-state index in [0.717, 1.165) is 23.7 Å². The summed E-state index contributed by atoms with van der Waals surface area (Å²) in [4.78, 5) is 12.0. The number of aryl methyl sites for hydroxylation is 2. The van der Waals surface area contributed by atoms with E-state index in [2.05, 4.69) is 10.4 Å². The highest BCUT2D eigenvalue weighted by Gasteiger charge is 2.33. The smallest absolute Gasteiger partial charge is 0.226 e. The maximum absolute atomic E-state index is 13.2. The Bertz CT molecular complexity index is 739. The van der Waals surface area contributed by atoms with Crippen LogP contribution >= 0.6 is 0 Å². The lowest BCUT2D eigenvalue weighted by Crippen LogP contribution is -2.25. The van der Waals surface area contributed by atoms with E-state index in [9.17, 15) is 14.3 Å². The number of halogens is 1. The average molecular weight is 303 g/mol. The Balaban J connectivity index is 2.13. The summed E-state index contributed by atoms with van der Waals surface area (Å²) in [5.41, 5.74) is 2.27. The van der Waals surface area contributed by atoms with Gasteiger partial charge in [-0.1, -0.05) is 13.0 Å². The zero-order valence-corrected chi connectivity index (χ0v) is 12.6. The fourth-order valence-electron chi connectivity index (χ4n) is 3.07. The molecule has 0 bridgehead atoms. The molecule has 116 valence electrons. The van der Waals surface area contributed by atoms with Gasteiger partial charge >= 0.3 is 0 Å². The first-order chi connectivity index (χ1) is 10.5. The Morgan fingerprint density at radius 3 is 2.95 bits per heavy atom. The molecule has 2 heterocycles. The fourth-order valence-corrected chi connectivity index (χ4v) is 3.07. The molecule has 3 rings (SSSR count). The Morgan fingerprint density at radius 2 is 2.27 bits per heavy atom. The zero-order valence-electron chi connectivity index (χ0n) is 12.6. The first kappa shape index (κ1) is 14.6. The molecule has 1 aliphatic heterocycles. The van der Waals surface area contributed by atoms with Gasteiger partial charge in [0.05, 0.1) is 5.69 Å². The van der Waals surface area contributed by atoms with Crippen LogP contribution in [0.15, 0.2) is 18.2 Å². The van der Waals surface area contributed by atoms with Crippen LogP contribution in [0.3, 0.4) is 0 Å². The molecule has 6 heteroatoms. The number of phenolic OH excluding ortho intramolecular Hbond substituents is 1. The number of nitrogens with one attached hydrogen (secondary N) is 1. The quantitative estimate of drug-likeness (QED) is 0.916. The number of nitrogens with zero attached hydrogens (tertiary/aromatic N) is 2. The highest BCUT2D eigenvalue weighted by molar-refractivity contribution is 5.94. The number of carbonyl (C=O) groups is 1. The molecule has 22 heavy (non-hydrogen) atoms. The minimum atomic E-state index is -0.500. The van der Waals surface area contributed by atoms with Gasteiger partial charge in [0, 0.05) is 36.1 Å². The molecule has 5 nitrogen and oxygen atoms in total. The van der Waals surface area contributed by atoms with Crippen molar-refractivity contribution in [3.8, 4) is 5.75 Å². The summed E-state index contributed by atoms with van der Waals surface area (Å²) in [6.45, 7) is 4.63. The number of fused-ring (bicyclic) bond motifs is 1. The third-order valence-corrected chi connectivity index (χ3v) is 3.97. The fraction of sp³-hybridized carbons (Fsp3) is 0.375. The number of carbonyl (C=O) groups excluding carboxylic acids is 1. The molecule has 1 atom stereocenters. The molecule has 2 N–H and O–H groups in total. The number of rotatable bonds is 3. The Labute approximate surface area is 127 Å². The average Bonchev–Trinajstić information content (AvgIpc) is 2.75. The summed E-state index contributed by atoms with van der Waals surface area (Å²) in [7, 11) is 0. The second kappa shape index (κ2) is 5.44. The molecule has 1 aromatic carbocycles. The Morgan fingerprint density at radius 1 is 1.50 bits per heavy atom. The van der Waals surface area contributed by atoms with Crippen molar-refractivity contribution in [1.29, 1.82) is 0 Å². The lowest BCUT2D eigenvalue weighted by Gasteiger charge is -2.25. The highest BCUT2D eigenvalue weighted by atomic mass is 19.1. The first-order valence-electron chi connectivity index (χ1n) is 7.36. The monoisotopic (exact) mass is 303 g/mol. The van der Waals surface area contributed by atoms with Crippen LogP contribution in [-0.4, -0.2) is 20.8 Å². The van der Waals surface area contributed by atoms with E-state index in [1.807, 2.05) is 13.8 Å². The summed E-state index contributed by atoms with van der Waals surface area (Å²) < 4.78 is 15.0. The van der Waals surface area contributed by atoms with Gasteiger partial charge in [-0.05, 0) is 19.4 Å². The Hall–Kier alpha value is -2.37. The molecule has 0 radical (unpaired) electrons. The lowest BCUT2D eigenvalue weighted by molar-refractivity contribution is -0.116. The van der Waals surface area contributed by atoms with Crippen molar-refractivity contribution in [2.75, 3.05) is 5.32 Å². The van der Waals surface area contributed by atoms with Crippen molar-refractivity contribution >= 4 is 11.7 Å². The molecule has 0 saturated heterocycles. The van der Waals surface area contributed by atoms with Gasteiger partial charge in [0.1, 0.15) is 17.4 Å². The van der Waals surface area contributed by atoms with Crippen molar-refractivity contribution in [3.05, 3.63) is 40.8 Å². The van der Waals surface area contributed by atoms with E-state index < -0.39 is 5.82 Å². The maximum atomic E-state index is 13.2. The second-order valence-corrected chi connectivity index (χ2v) is 5.58. The number of anilines is 1. The van der Waals surface area contributed by atoms with Crippen LogP contribution in [-0.2, 0) is 11.3 Å². The van der Waals surface area contributed by atoms with Gasteiger partial charge in [-0.15, -0.1) is 0 Å². The Kier molecular flexibility index (Phi) is 3.60. The van der Waals surface area contributed by atoms with Crippen LogP contribution < -0.4 is 5.32 Å². The molecule has 0 aliphatic carbocycles.